The summed E-state index contributed by atoms with van der Waals surface area (Å²) in [5.74, 6) is -0.320. The number of aryl methyl sites for hydroxylation is 1. The summed E-state index contributed by atoms with van der Waals surface area (Å²) in [5.41, 5.74) is 1.05. The van der Waals surface area contributed by atoms with E-state index in [1.54, 1.807) is 31.1 Å². The van der Waals surface area contributed by atoms with Crippen LogP contribution < -0.4 is 0 Å². The van der Waals surface area contributed by atoms with E-state index in [0.29, 0.717) is 17.7 Å². The van der Waals surface area contributed by atoms with Crippen LogP contribution in [0.1, 0.15) is 28.8 Å². The standard InChI is InChI=1S/C14H18FNO2/c1-10-8-11(5-6-13(10)15)14(17)16-7-3-4-12(9-16)18-2/h5-6,8,12H,3-4,7,9H2,1-2H3. The molecular formula is C14H18FNO2. The zero-order valence-corrected chi connectivity index (χ0v) is 10.8. The first-order valence-corrected chi connectivity index (χ1v) is 6.20. The van der Waals surface area contributed by atoms with Crippen LogP contribution in [0.5, 0.6) is 0 Å². The molecule has 1 aromatic carbocycles. The molecule has 4 heteroatoms. The number of carbonyl (C=O) groups excluding carboxylic acids is 1. The molecule has 1 saturated heterocycles. The number of rotatable bonds is 2. The molecule has 0 bridgehead atoms. The predicted molar refractivity (Wildman–Crippen MR) is 67.1 cm³/mol. The molecule has 18 heavy (non-hydrogen) atoms. The van der Waals surface area contributed by atoms with Gasteiger partial charge in [0.2, 0.25) is 0 Å². The fourth-order valence-electron chi connectivity index (χ4n) is 2.28. The Balaban J connectivity index is 2.12. The number of piperidine rings is 1. The van der Waals surface area contributed by atoms with Crippen molar-refractivity contribution in [3.8, 4) is 0 Å². The van der Waals surface area contributed by atoms with Crippen molar-refractivity contribution in [2.75, 3.05) is 20.2 Å². The maximum absolute atomic E-state index is 13.2. The highest BCUT2D eigenvalue weighted by Crippen LogP contribution is 2.17. The second kappa shape index (κ2) is 5.48. The van der Waals surface area contributed by atoms with Gasteiger partial charge < -0.3 is 9.64 Å². The first kappa shape index (κ1) is 13.0. The molecule has 1 aliphatic rings. The first-order valence-electron chi connectivity index (χ1n) is 6.20. The van der Waals surface area contributed by atoms with E-state index >= 15 is 0 Å². The van der Waals surface area contributed by atoms with Crippen LogP contribution in [0.2, 0.25) is 0 Å². The highest BCUT2D eigenvalue weighted by Gasteiger charge is 2.24. The Bertz CT molecular complexity index is 447. The van der Waals surface area contributed by atoms with E-state index in [-0.39, 0.29) is 17.8 Å². The smallest absolute Gasteiger partial charge is 0.253 e. The van der Waals surface area contributed by atoms with Gasteiger partial charge in [-0.1, -0.05) is 0 Å². The van der Waals surface area contributed by atoms with Crippen molar-refractivity contribution in [1.82, 2.24) is 4.90 Å². The van der Waals surface area contributed by atoms with E-state index in [0.717, 1.165) is 19.4 Å². The number of amides is 1. The third-order valence-electron chi connectivity index (χ3n) is 3.40. The Labute approximate surface area is 107 Å². The first-order chi connectivity index (χ1) is 8.61. The van der Waals surface area contributed by atoms with Crippen LogP contribution in [0.25, 0.3) is 0 Å². The molecule has 1 unspecified atom stereocenters. The molecule has 1 aromatic rings. The molecular weight excluding hydrogens is 233 g/mol. The number of methoxy groups -OCH3 is 1. The number of halogens is 1. The van der Waals surface area contributed by atoms with Gasteiger partial charge in [0.1, 0.15) is 5.82 Å². The molecule has 0 N–H and O–H groups in total. The molecule has 1 fully saturated rings. The molecule has 2 rings (SSSR count). The molecule has 0 saturated carbocycles. The Morgan fingerprint density at radius 3 is 2.94 bits per heavy atom. The van der Waals surface area contributed by atoms with Crippen LogP contribution in [0.4, 0.5) is 4.39 Å². The molecule has 1 atom stereocenters. The van der Waals surface area contributed by atoms with Crippen molar-refractivity contribution < 1.29 is 13.9 Å². The SMILES string of the molecule is COC1CCCN(C(=O)c2ccc(F)c(C)c2)C1. The minimum atomic E-state index is -0.278. The van der Waals surface area contributed by atoms with Crippen LogP contribution in [0.3, 0.4) is 0 Å². The number of carbonyl (C=O) groups is 1. The van der Waals surface area contributed by atoms with Gasteiger partial charge in [0, 0.05) is 25.8 Å². The van der Waals surface area contributed by atoms with Crippen molar-refractivity contribution in [2.24, 2.45) is 0 Å². The molecule has 0 radical (unpaired) electrons. The molecule has 0 aliphatic carbocycles. The molecule has 1 heterocycles. The molecule has 98 valence electrons. The van der Waals surface area contributed by atoms with E-state index in [2.05, 4.69) is 0 Å². The molecule has 1 amide bonds. The topological polar surface area (TPSA) is 29.5 Å². The van der Waals surface area contributed by atoms with Gasteiger partial charge >= 0.3 is 0 Å². The van der Waals surface area contributed by atoms with Crippen molar-refractivity contribution >= 4 is 5.91 Å². The van der Waals surface area contributed by atoms with E-state index < -0.39 is 0 Å². The lowest BCUT2D eigenvalue weighted by atomic mass is 10.1. The van der Waals surface area contributed by atoms with Crippen LogP contribution in [-0.4, -0.2) is 37.1 Å². The minimum Gasteiger partial charge on any atom is -0.380 e. The lowest BCUT2D eigenvalue weighted by molar-refractivity contribution is 0.0269. The predicted octanol–water partition coefficient (Wildman–Crippen LogP) is 2.39. The fourth-order valence-corrected chi connectivity index (χ4v) is 2.28. The minimum absolute atomic E-state index is 0.0418. The number of hydrogen-bond donors (Lipinski definition) is 0. The monoisotopic (exact) mass is 251 g/mol. The molecule has 0 spiro atoms. The second-order valence-corrected chi connectivity index (χ2v) is 4.72. The van der Waals surface area contributed by atoms with Gasteiger partial charge in [-0.25, -0.2) is 4.39 Å². The quantitative estimate of drug-likeness (QED) is 0.807. The fraction of sp³-hybridized carbons (Fsp3) is 0.500. The zero-order valence-electron chi connectivity index (χ0n) is 10.8. The van der Waals surface area contributed by atoms with Crippen LogP contribution >= 0.6 is 0 Å². The maximum Gasteiger partial charge on any atom is 0.253 e. The van der Waals surface area contributed by atoms with E-state index in [4.69, 9.17) is 4.74 Å². The average molecular weight is 251 g/mol. The van der Waals surface area contributed by atoms with Crippen molar-refractivity contribution in [1.29, 1.82) is 0 Å². The molecule has 1 aliphatic heterocycles. The van der Waals surface area contributed by atoms with Crippen LogP contribution in [0.15, 0.2) is 18.2 Å². The zero-order chi connectivity index (χ0) is 13.1. The van der Waals surface area contributed by atoms with Gasteiger partial charge in [-0.3, -0.25) is 4.79 Å². The van der Waals surface area contributed by atoms with Gasteiger partial charge in [0.05, 0.1) is 6.10 Å². The average Bonchev–Trinajstić information content (AvgIpc) is 2.41. The Hall–Kier alpha value is -1.42. The van der Waals surface area contributed by atoms with E-state index in [9.17, 15) is 9.18 Å². The van der Waals surface area contributed by atoms with Crippen molar-refractivity contribution in [3.63, 3.8) is 0 Å². The normalized spacial score (nSPS) is 19.9. The number of likely N-dealkylation sites (tertiary alicyclic amines) is 1. The second-order valence-electron chi connectivity index (χ2n) is 4.72. The van der Waals surface area contributed by atoms with Gasteiger partial charge in [0.25, 0.3) is 5.91 Å². The number of nitrogens with zero attached hydrogens (tertiary/aromatic N) is 1. The number of benzene rings is 1. The lowest BCUT2D eigenvalue weighted by Crippen LogP contribution is -2.42. The summed E-state index contributed by atoms with van der Waals surface area (Å²) >= 11 is 0. The summed E-state index contributed by atoms with van der Waals surface area (Å²) in [6, 6.07) is 4.50. The largest absolute Gasteiger partial charge is 0.380 e. The highest BCUT2D eigenvalue weighted by molar-refractivity contribution is 5.94. The van der Waals surface area contributed by atoms with Gasteiger partial charge in [-0.2, -0.15) is 0 Å². The Morgan fingerprint density at radius 1 is 1.50 bits per heavy atom. The summed E-state index contributed by atoms with van der Waals surface area (Å²) < 4.78 is 18.5. The summed E-state index contributed by atoms with van der Waals surface area (Å²) in [5, 5.41) is 0. The summed E-state index contributed by atoms with van der Waals surface area (Å²) in [6.07, 6.45) is 2.05. The third-order valence-corrected chi connectivity index (χ3v) is 3.40. The van der Waals surface area contributed by atoms with Crippen LogP contribution in [-0.2, 0) is 4.74 Å². The van der Waals surface area contributed by atoms with Gasteiger partial charge in [-0.05, 0) is 43.5 Å². The van der Waals surface area contributed by atoms with Gasteiger partial charge in [-0.15, -0.1) is 0 Å². The van der Waals surface area contributed by atoms with Crippen molar-refractivity contribution in [3.05, 3.63) is 35.1 Å². The summed E-state index contributed by atoms with van der Waals surface area (Å²) in [4.78, 5) is 14.1. The summed E-state index contributed by atoms with van der Waals surface area (Å²) in [6.45, 7) is 3.03. The summed E-state index contributed by atoms with van der Waals surface area (Å²) in [7, 11) is 1.67. The Kier molecular flexibility index (Phi) is 3.97. The van der Waals surface area contributed by atoms with E-state index in [1.165, 1.54) is 6.07 Å². The number of hydrogen-bond acceptors (Lipinski definition) is 2. The van der Waals surface area contributed by atoms with Crippen LogP contribution in [0, 0.1) is 12.7 Å². The van der Waals surface area contributed by atoms with E-state index in [1.807, 2.05) is 0 Å². The Morgan fingerprint density at radius 2 is 2.28 bits per heavy atom. The number of ether oxygens (including phenoxy) is 1. The highest BCUT2D eigenvalue weighted by atomic mass is 19.1. The van der Waals surface area contributed by atoms with Crippen molar-refractivity contribution in [2.45, 2.75) is 25.9 Å². The maximum atomic E-state index is 13.2. The van der Waals surface area contributed by atoms with Gasteiger partial charge in [0.15, 0.2) is 0 Å². The lowest BCUT2D eigenvalue weighted by Gasteiger charge is -2.32. The molecule has 3 nitrogen and oxygen atoms in total. The molecule has 0 aromatic heterocycles. The third kappa shape index (κ3) is 2.70.